The third-order valence-electron chi connectivity index (χ3n) is 3.29. The zero-order valence-electron chi connectivity index (χ0n) is 11.6. The highest BCUT2D eigenvalue weighted by Crippen LogP contribution is 2.30. The molecule has 0 aliphatic heterocycles. The quantitative estimate of drug-likeness (QED) is 0.652. The van der Waals surface area contributed by atoms with E-state index in [9.17, 15) is 4.39 Å². The summed E-state index contributed by atoms with van der Waals surface area (Å²) in [6.07, 6.45) is 0. The maximum atomic E-state index is 14.0. The molecule has 0 saturated heterocycles. The van der Waals surface area contributed by atoms with Crippen molar-refractivity contribution in [3.63, 3.8) is 0 Å². The van der Waals surface area contributed by atoms with Gasteiger partial charge in [0.05, 0.1) is 6.04 Å². The average molecular weight is 401 g/mol. The van der Waals surface area contributed by atoms with Gasteiger partial charge in [0.1, 0.15) is 5.82 Å². The van der Waals surface area contributed by atoms with Gasteiger partial charge in [-0.15, -0.1) is 0 Å². The fourth-order valence-corrected chi connectivity index (χ4v) is 3.31. The van der Waals surface area contributed by atoms with Crippen LogP contribution in [0.4, 0.5) is 10.1 Å². The molecule has 1 atom stereocenters. The minimum Gasteiger partial charge on any atom is -0.378 e. The van der Waals surface area contributed by atoms with E-state index in [1.807, 2.05) is 26.8 Å². The largest absolute Gasteiger partial charge is 0.378 e. The molecule has 1 nitrogen and oxygen atoms in total. The molecular formula is C16H16Br2FN. The summed E-state index contributed by atoms with van der Waals surface area (Å²) in [4.78, 5) is 0. The highest BCUT2D eigenvalue weighted by atomic mass is 79.9. The average Bonchev–Trinajstić information content (AvgIpc) is 2.33. The second kappa shape index (κ2) is 6.27. The molecule has 4 heteroatoms. The Labute approximate surface area is 135 Å². The van der Waals surface area contributed by atoms with Crippen LogP contribution in [0.3, 0.4) is 0 Å². The van der Waals surface area contributed by atoms with Crippen LogP contribution in [0, 0.1) is 19.7 Å². The number of halogens is 3. The second-order valence-corrected chi connectivity index (χ2v) is 6.78. The van der Waals surface area contributed by atoms with Gasteiger partial charge in [0.15, 0.2) is 0 Å². The van der Waals surface area contributed by atoms with Crippen molar-refractivity contribution in [3.8, 4) is 0 Å². The lowest BCUT2D eigenvalue weighted by molar-refractivity contribution is 0.599. The van der Waals surface area contributed by atoms with Crippen molar-refractivity contribution in [3.05, 3.63) is 61.8 Å². The Hall–Kier alpha value is -0.870. The van der Waals surface area contributed by atoms with Gasteiger partial charge in [-0.25, -0.2) is 4.39 Å². The van der Waals surface area contributed by atoms with Gasteiger partial charge in [0.2, 0.25) is 0 Å². The molecule has 2 rings (SSSR count). The van der Waals surface area contributed by atoms with Crippen molar-refractivity contribution in [2.24, 2.45) is 0 Å². The van der Waals surface area contributed by atoms with Crippen LogP contribution in [0.2, 0.25) is 0 Å². The Kier molecular flexibility index (Phi) is 4.86. The van der Waals surface area contributed by atoms with E-state index in [0.29, 0.717) is 5.56 Å². The van der Waals surface area contributed by atoms with E-state index in [1.165, 1.54) is 6.07 Å². The van der Waals surface area contributed by atoms with Crippen molar-refractivity contribution < 1.29 is 4.39 Å². The summed E-state index contributed by atoms with van der Waals surface area (Å²) in [5.41, 5.74) is 4.00. The Balaban J connectivity index is 2.30. The summed E-state index contributed by atoms with van der Waals surface area (Å²) in [6.45, 7) is 6.06. The highest BCUT2D eigenvalue weighted by Gasteiger charge is 2.13. The van der Waals surface area contributed by atoms with Crippen LogP contribution >= 0.6 is 31.9 Å². The monoisotopic (exact) mass is 399 g/mol. The van der Waals surface area contributed by atoms with Gasteiger partial charge >= 0.3 is 0 Å². The Morgan fingerprint density at radius 2 is 1.60 bits per heavy atom. The van der Waals surface area contributed by atoms with Crippen LogP contribution in [-0.2, 0) is 0 Å². The number of benzene rings is 2. The Morgan fingerprint density at radius 3 is 2.15 bits per heavy atom. The standard InChI is InChI=1S/C16H16Br2FN/c1-9-6-13(18)7-10(2)16(9)20-11(3)14-5-4-12(17)8-15(14)19/h4-8,11,20H,1-3H3. The van der Waals surface area contributed by atoms with E-state index < -0.39 is 0 Å². The summed E-state index contributed by atoms with van der Waals surface area (Å²) >= 11 is 6.76. The molecule has 0 radical (unpaired) electrons. The first-order chi connectivity index (χ1) is 9.38. The molecule has 106 valence electrons. The van der Waals surface area contributed by atoms with Gasteiger partial charge in [-0.1, -0.05) is 37.9 Å². The van der Waals surface area contributed by atoms with Crippen LogP contribution in [0.15, 0.2) is 39.3 Å². The zero-order valence-corrected chi connectivity index (χ0v) is 14.8. The molecule has 0 saturated carbocycles. The minimum atomic E-state index is -0.202. The topological polar surface area (TPSA) is 12.0 Å². The summed E-state index contributed by atoms with van der Waals surface area (Å²) in [6, 6.07) is 9.18. The van der Waals surface area contributed by atoms with Crippen molar-refractivity contribution in [2.75, 3.05) is 5.32 Å². The highest BCUT2D eigenvalue weighted by molar-refractivity contribution is 9.10. The first-order valence-corrected chi connectivity index (χ1v) is 7.95. The van der Waals surface area contributed by atoms with Gasteiger partial charge in [0.25, 0.3) is 0 Å². The predicted octanol–water partition coefficient (Wildman–Crippen LogP) is 6.14. The first kappa shape index (κ1) is 15.5. The van der Waals surface area contributed by atoms with E-state index in [0.717, 1.165) is 25.8 Å². The van der Waals surface area contributed by atoms with E-state index in [2.05, 4.69) is 49.3 Å². The van der Waals surface area contributed by atoms with Gasteiger partial charge in [-0.05, 0) is 56.2 Å². The maximum Gasteiger partial charge on any atom is 0.129 e. The number of hydrogen-bond acceptors (Lipinski definition) is 1. The van der Waals surface area contributed by atoms with Crippen molar-refractivity contribution in [1.29, 1.82) is 0 Å². The predicted molar refractivity (Wildman–Crippen MR) is 89.8 cm³/mol. The molecule has 0 aliphatic carbocycles. The molecule has 0 fully saturated rings. The number of anilines is 1. The molecule has 2 aromatic carbocycles. The number of nitrogens with one attached hydrogen (secondary N) is 1. The van der Waals surface area contributed by atoms with Crippen LogP contribution in [-0.4, -0.2) is 0 Å². The smallest absolute Gasteiger partial charge is 0.129 e. The van der Waals surface area contributed by atoms with Gasteiger partial charge in [-0.2, -0.15) is 0 Å². The fourth-order valence-electron chi connectivity index (χ4n) is 2.29. The van der Waals surface area contributed by atoms with Crippen LogP contribution < -0.4 is 5.32 Å². The molecule has 0 bridgehead atoms. The summed E-state index contributed by atoms with van der Waals surface area (Å²) in [5.74, 6) is -0.202. The van der Waals surface area contributed by atoms with E-state index in [-0.39, 0.29) is 11.9 Å². The molecule has 0 spiro atoms. The summed E-state index contributed by atoms with van der Waals surface area (Å²) in [5, 5.41) is 3.41. The van der Waals surface area contributed by atoms with Crippen molar-refractivity contribution in [2.45, 2.75) is 26.8 Å². The molecule has 0 aliphatic rings. The molecule has 0 amide bonds. The molecule has 0 aromatic heterocycles. The van der Waals surface area contributed by atoms with Gasteiger partial charge in [0, 0.05) is 20.2 Å². The summed E-state index contributed by atoms with van der Waals surface area (Å²) in [7, 11) is 0. The lowest BCUT2D eigenvalue weighted by Gasteiger charge is -2.20. The van der Waals surface area contributed by atoms with Gasteiger partial charge in [-0.3, -0.25) is 0 Å². The lowest BCUT2D eigenvalue weighted by Crippen LogP contribution is -2.10. The van der Waals surface area contributed by atoms with E-state index in [1.54, 1.807) is 6.07 Å². The van der Waals surface area contributed by atoms with Crippen molar-refractivity contribution in [1.82, 2.24) is 0 Å². The lowest BCUT2D eigenvalue weighted by atomic mass is 10.0. The number of rotatable bonds is 3. The minimum absolute atomic E-state index is 0.0957. The van der Waals surface area contributed by atoms with Crippen LogP contribution in [0.25, 0.3) is 0 Å². The SMILES string of the molecule is Cc1cc(Br)cc(C)c1NC(C)c1ccc(Br)cc1F. The number of aryl methyl sites for hydroxylation is 2. The van der Waals surface area contributed by atoms with Gasteiger partial charge < -0.3 is 5.32 Å². The first-order valence-electron chi connectivity index (χ1n) is 6.36. The normalized spacial score (nSPS) is 12.3. The van der Waals surface area contributed by atoms with E-state index in [4.69, 9.17) is 0 Å². The second-order valence-electron chi connectivity index (χ2n) is 4.95. The van der Waals surface area contributed by atoms with Crippen LogP contribution in [0.5, 0.6) is 0 Å². The molecule has 0 heterocycles. The van der Waals surface area contributed by atoms with Crippen molar-refractivity contribution >= 4 is 37.5 Å². The summed E-state index contributed by atoms with van der Waals surface area (Å²) < 4.78 is 15.8. The zero-order chi connectivity index (χ0) is 14.9. The Morgan fingerprint density at radius 1 is 1.00 bits per heavy atom. The fraction of sp³-hybridized carbons (Fsp3) is 0.250. The molecule has 1 N–H and O–H groups in total. The molecule has 20 heavy (non-hydrogen) atoms. The maximum absolute atomic E-state index is 14.0. The van der Waals surface area contributed by atoms with E-state index >= 15 is 0 Å². The van der Waals surface area contributed by atoms with Crippen LogP contribution in [0.1, 0.15) is 29.7 Å². The third-order valence-corrected chi connectivity index (χ3v) is 4.24. The molecular weight excluding hydrogens is 385 g/mol. The molecule has 1 unspecified atom stereocenters. The number of hydrogen-bond donors (Lipinski definition) is 1. The Bertz CT molecular complexity index is 617. The molecule has 2 aromatic rings. The third kappa shape index (κ3) is 3.41.